The summed E-state index contributed by atoms with van der Waals surface area (Å²) >= 11 is 0. The number of carboxylic acid groups (broad SMARTS) is 1. The lowest BCUT2D eigenvalue weighted by Crippen LogP contribution is -2.61. The molecular weight excluding hydrogens is 949 g/mol. The van der Waals surface area contributed by atoms with Gasteiger partial charge < -0.3 is 39.0 Å². The van der Waals surface area contributed by atoms with Gasteiger partial charge in [0.1, 0.15) is 18.8 Å². The fraction of sp³-hybridized carbons (Fsp3) is 0.651. The Hall–Kier alpha value is -4.62. The van der Waals surface area contributed by atoms with Gasteiger partial charge in [0.15, 0.2) is 24.6 Å². The second-order valence-corrected chi connectivity index (χ2v) is 19.2. The molecular formula is C63H100O12. The molecule has 12 heteroatoms. The Labute approximate surface area is 453 Å². The smallest absolute Gasteiger partial charge is 0.335 e. The van der Waals surface area contributed by atoms with E-state index in [9.17, 15) is 34.5 Å². The molecule has 6 atom stereocenters. The first-order chi connectivity index (χ1) is 36.6. The molecule has 0 aromatic rings. The number of carboxylic acids is 1. The van der Waals surface area contributed by atoms with Crippen molar-refractivity contribution in [1.29, 1.82) is 0 Å². The first-order valence-electron chi connectivity index (χ1n) is 28.9. The number of esters is 3. The van der Waals surface area contributed by atoms with Crippen molar-refractivity contribution in [3.63, 3.8) is 0 Å². The van der Waals surface area contributed by atoms with Crippen LogP contribution in [0.3, 0.4) is 0 Å². The summed E-state index contributed by atoms with van der Waals surface area (Å²) in [6, 6.07) is 0. The number of rotatable bonds is 47. The highest BCUT2D eigenvalue weighted by Gasteiger charge is 2.50. The van der Waals surface area contributed by atoms with Gasteiger partial charge in [-0.2, -0.15) is 0 Å². The zero-order valence-corrected chi connectivity index (χ0v) is 46.5. The van der Waals surface area contributed by atoms with Gasteiger partial charge in [0.2, 0.25) is 0 Å². The third kappa shape index (κ3) is 40.3. The Morgan fingerprint density at radius 1 is 0.453 bits per heavy atom. The third-order valence-corrected chi connectivity index (χ3v) is 12.3. The minimum Gasteiger partial charge on any atom is -0.479 e. The Morgan fingerprint density at radius 2 is 0.840 bits per heavy atom. The molecule has 0 bridgehead atoms. The van der Waals surface area contributed by atoms with Crippen molar-refractivity contribution in [3.05, 3.63) is 109 Å². The number of aliphatic hydroxyl groups excluding tert-OH is 2. The van der Waals surface area contributed by atoms with E-state index in [0.29, 0.717) is 19.3 Å². The summed E-state index contributed by atoms with van der Waals surface area (Å²) in [5.74, 6) is -3.23. The summed E-state index contributed by atoms with van der Waals surface area (Å²) in [7, 11) is 0. The standard InChI is InChI=1S/C63H100O12/c1-4-7-10-13-16-19-22-25-27-28-30-32-34-37-40-43-46-49-55(64)71-52-54(73-56(65)50-47-44-41-38-36-33-29-26-23-20-17-14-11-8-5-2)53-72-63-61(59(68)58(67)60(75-63)62(69)70)74-57(66)51-48-45-42-39-35-31-24-21-18-15-12-9-6-3/h7-8,10-11,16-17,19-21,24-27,29-30,32,36,38,54,58-61,63,67-68H,4-6,9,12-15,18,22-23,28,31,33-35,37,39-53H2,1-3H3,(H,69,70)/b10-7-,11-8-,19-16-,20-17-,24-21-,27-25-,29-26-,32-30-,38-36-. The SMILES string of the molecule is CC/C=C\C/C=C\C/C=C\C/C=C\CCCCCCC(=O)OCC(COC1OC(C(=O)O)C(O)C(O)C1OC(=O)CCCCCCC/C=C\CCCCCC)OC(=O)CCCC/C=C\C/C=C\C/C=C\C/C=C\CC. The number of aliphatic carboxylic acids is 1. The number of hydrogen-bond acceptors (Lipinski definition) is 11. The van der Waals surface area contributed by atoms with Gasteiger partial charge in [-0.1, -0.05) is 182 Å². The van der Waals surface area contributed by atoms with Gasteiger partial charge >= 0.3 is 23.9 Å². The summed E-state index contributed by atoms with van der Waals surface area (Å²) in [6.07, 6.45) is 54.9. The second-order valence-electron chi connectivity index (χ2n) is 19.2. The summed E-state index contributed by atoms with van der Waals surface area (Å²) in [5, 5.41) is 31.4. The van der Waals surface area contributed by atoms with Crippen LogP contribution in [-0.2, 0) is 42.9 Å². The molecule has 1 heterocycles. The van der Waals surface area contributed by atoms with Gasteiger partial charge in [-0.15, -0.1) is 0 Å². The molecule has 1 aliphatic heterocycles. The number of carbonyl (C=O) groups is 4. The van der Waals surface area contributed by atoms with Crippen LogP contribution in [0.5, 0.6) is 0 Å². The summed E-state index contributed by atoms with van der Waals surface area (Å²) in [5.41, 5.74) is 0. The normalized spacial score (nSPS) is 19.0. The molecule has 1 saturated heterocycles. The average Bonchev–Trinajstić information content (AvgIpc) is 3.39. The van der Waals surface area contributed by atoms with E-state index in [-0.39, 0.29) is 25.9 Å². The van der Waals surface area contributed by atoms with E-state index in [2.05, 4.69) is 130 Å². The van der Waals surface area contributed by atoms with Crippen molar-refractivity contribution in [1.82, 2.24) is 0 Å². The number of aliphatic hydroxyl groups is 2. The quantitative estimate of drug-likeness (QED) is 0.0228. The van der Waals surface area contributed by atoms with E-state index < -0.39 is 67.3 Å². The Kier molecular flexibility index (Phi) is 45.8. The topological polar surface area (TPSA) is 175 Å². The lowest BCUT2D eigenvalue weighted by Gasteiger charge is -2.40. The monoisotopic (exact) mass is 1050 g/mol. The Morgan fingerprint density at radius 3 is 1.32 bits per heavy atom. The highest BCUT2D eigenvalue weighted by Crippen LogP contribution is 2.26. The molecule has 75 heavy (non-hydrogen) atoms. The fourth-order valence-electron chi connectivity index (χ4n) is 7.93. The highest BCUT2D eigenvalue weighted by atomic mass is 16.7. The van der Waals surface area contributed by atoms with E-state index in [1.54, 1.807) is 0 Å². The molecule has 0 amide bonds. The number of unbranched alkanes of at least 4 members (excludes halogenated alkanes) is 15. The summed E-state index contributed by atoms with van der Waals surface area (Å²) in [6.45, 7) is 5.67. The zero-order valence-electron chi connectivity index (χ0n) is 46.5. The lowest BCUT2D eigenvalue weighted by molar-refractivity contribution is -0.301. The molecule has 1 aliphatic rings. The first kappa shape index (κ1) is 68.4. The average molecular weight is 1050 g/mol. The molecule has 424 valence electrons. The number of hydrogen-bond donors (Lipinski definition) is 3. The molecule has 0 spiro atoms. The fourth-order valence-corrected chi connectivity index (χ4v) is 7.93. The maximum absolute atomic E-state index is 13.1. The van der Waals surface area contributed by atoms with Crippen LogP contribution in [0.4, 0.5) is 0 Å². The minimum atomic E-state index is -1.92. The molecule has 0 saturated carbocycles. The number of allylic oxidation sites excluding steroid dienone is 18. The molecule has 12 nitrogen and oxygen atoms in total. The van der Waals surface area contributed by atoms with E-state index in [4.69, 9.17) is 23.7 Å². The van der Waals surface area contributed by atoms with Gasteiger partial charge in [0.05, 0.1) is 6.61 Å². The molecule has 0 aromatic heterocycles. The lowest BCUT2D eigenvalue weighted by atomic mass is 9.98. The van der Waals surface area contributed by atoms with Crippen LogP contribution in [0.2, 0.25) is 0 Å². The molecule has 6 unspecified atom stereocenters. The maximum atomic E-state index is 13.1. The van der Waals surface area contributed by atoms with Gasteiger partial charge in [0, 0.05) is 19.3 Å². The summed E-state index contributed by atoms with van der Waals surface area (Å²) in [4.78, 5) is 51.1. The molecule has 0 aliphatic carbocycles. The van der Waals surface area contributed by atoms with Crippen LogP contribution in [-0.4, -0.2) is 89.2 Å². The largest absolute Gasteiger partial charge is 0.479 e. The minimum absolute atomic E-state index is 0.0375. The molecule has 0 aromatic carbocycles. The van der Waals surface area contributed by atoms with Crippen LogP contribution in [0.1, 0.15) is 213 Å². The molecule has 3 N–H and O–H groups in total. The maximum Gasteiger partial charge on any atom is 0.335 e. The van der Waals surface area contributed by atoms with Crippen molar-refractivity contribution < 1.29 is 58.2 Å². The first-order valence-corrected chi connectivity index (χ1v) is 28.9. The van der Waals surface area contributed by atoms with Crippen LogP contribution >= 0.6 is 0 Å². The van der Waals surface area contributed by atoms with Crippen LogP contribution in [0.15, 0.2) is 109 Å². The van der Waals surface area contributed by atoms with Gasteiger partial charge in [-0.25, -0.2) is 4.79 Å². The van der Waals surface area contributed by atoms with Gasteiger partial charge in [0.25, 0.3) is 0 Å². The highest BCUT2D eigenvalue weighted by molar-refractivity contribution is 5.74. The predicted molar refractivity (Wildman–Crippen MR) is 303 cm³/mol. The van der Waals surface area contributed by atoms with E-state index >= 15 is 0 Å². The Bertz CT molecular complexity index is 1720. The number of ether oxygens (including phenoxy) is 5. The van der Waals surface area contributed by atoms with Crippen molar-refractivity contribution in [2.75, 3.05) is 13.2 Å². The van der Waals surface area contributed by atoms with E-state index in [1.165, 1.54) is 25.7 Å². The van der Waals surface area contributed by atoms with E-state index in [0.717, 1.165) is 128 Å². The number of carbonyl (C=O) groups excluding carboxylic acids is 3. The predicted octanol–water partition coefficient (Wildman–Crippen LogP) is 14.7. The van der Waals surface area contributed by atoms with Crippen molar-refractivity contribution in [2.24, 2.45) is 0 Å². The third-order valence-electron chi connectivity index (χ3n) is 12.3. The van der Waals surface area contributed by atoms with Crippen molar-refractivity contribution in [3.8, 4) is 0 Å². The van der Waals surface area contributed by atoms with Crippen LogP contribution < -0.4 is 0 Å². The molecule has 1 rings (SSSR count). The molecule has 0 radical (unpaired) electrons. The second kappa shape index (κ2) is 50.2. The Balaban J connectivity index is 2.76. The summed E-state index contributed by atoms with van der Waals surface area (Å²) < 4.78 is 28.3. The molecule has 1 fully saturated rings. The van der Waals surface area contributed by atoms with Gasteiger partial charge in [-0.05, 0) is 122 Å². The zero-order chi connectivity index (χ0) is 54.7. The van der Waals surface area contributed by atoms with Crippen molar-refractivity contribution >= 4 is 23.9 Å². The van der Waals surface area contributed by atoms with Crippen LogP contribution in [0.25, 0.3) is 0 Å². The van der Waals surface area contributed by atoms with Crippen molar-refractivity contribution in [2.45, 2.75) is 250 Å². The van der Waals surface area contributed by atoms with Gasteiger partial charge in [-0.3, -0.25) is 14.4 Å². The van der Waals surface area contributed by atoms with Crippen LogP contribution in [0, 0.1) is 0 Å². The van der Waals surface area contributed by atoms with E-state index in [1.807, 2.05) is 0 Å².